The topological polar surface area (TPSA) is 140 Å². The maximum atomic E-state index is 12.8. The third-order valence-electron chi connectivity index (χ3n) is 6.03. The van der Waals surface area contributed by atoms with Crippen molar-refractivity contribution in [3.05, 3.63) is 83.0 Å². The van der Waals surface area contributed by atoms with Crippen molar-refractivity contribution in [3.63, 3.8) is 0 Å². The summed E-state index contributed by atoms with van der Waals surface area (Å²) in [5, 5.41) is 29.8. The lowest BCUT2D eigenvalue weighted by Gasteiger charge is -2.44. The van der Waals surface area contributed by atoms with Crippen LogP contribution in [0, 0.1) is 45.3 Å². The van der Waals surface area contributed by atoms with Crippen LogP contribution in [0.15, 0.2) is 76.3 Å². The average molecular weight is 425 g/mol. The van der Waals surface area contributed by atoms with Gasteiger partial charge in [0.1, 0.15) is 12.7 Å². The Hall–Kier alpha value is -4.48. The Morgan fingerprint density at radius 2 is 1.97 bits per heavy atom. The van der Waals surface area contributed by atoms with E-state index >= 15 is 0 Å². The number of hydrogen-bond donors (Lipinski definition) is 1. The maximum absolute atomic E-state index is 12.8. The second-order valence-electron chi connectivity index (χ2n) is 7.68. The van der Waals surface area contributed by atoms with Gasteiger partial charge in [0.25, 0.3) is 0 Å². The molecule has 8 nitrogen and oxygen atoms in total. The fourth-order valence-corrected chi connectivity index (χ4v) is 4.47. The molecule has 32 heavy (non-hydrogen) atoms. The second kappa shape index (κ2) is 8.34. The fraction of sp³-hybridized carbons (Fsp3) is 0.250. The first-order valence-corrected chi connectivity index (χ1v) is 9.96. The van der Waals surface area contributed by atoms with Crippen molar-refractivity contribution < 1.29 is 13.9 Å². The van der Waals surface area contributed by atoms with Gasteiger partial charge < -0.3 is 19.8 Å². The molecule has 2 N–H and O–H groups in total. The van der Waals surface area contributed by atoms with Crippen molar-refractivity contribution in [2.24, 2.45) is 17.1 Å². The van der Waals surface area contributed by atoms with E-state index in [1.165, 1.54) is 17.4 Å². The summed E-state index contributed by atoms with van der Waals surface area (Å²) in [4.78, 5) is 14.3. The molecule has 2 heterocycles. The third-order valence-corrected chi connectivity index (χ3v) is 6.03. The van der Waals surface area contributed by atoms with E-state index in [4.69, 9.17) is 14.9 Å². The lowest BCUT2D eigenvalue weighted by atomic mass is 9.58. The predicted octanol–water partition coefficient (Wildman–Crippen LogP) is 3.34. The van der Waals surface area contributed by atoms with E-state index in [0.29, 0.717) is 11.1 Å². The monoisotopic (exact) mass is 425 g/mol. The number of furan rings is 1. The summed E-state index contributed by atoms with van der Waals surface area (Å²) in [6, 6.07) is 17.1. The molecule has 0 saturated heterocycles. The number of nitriles is 3. The van der Waals surface area contributed by atoms with Crippen LogP contribution in [0.3, 0.4) is 0 Å². The van der Waals surface area contributed by atoms with Gasteiger partial charge in [-0.2, -0.15) is 15.8 Å². The Labute approximate surface area is 185 Å². The molecule has 0 unspecified atom stereocenters. The molecule has 1 aromatic carbocycles. The van der Waals surface area contributed by atoms with Crippen LogP contribution in [0.25, 0.3) is 0 Å². The summed E-state index contributed by atoms with van der Waals surface area (Å²) in [6.45, 7) is 0.514. The van der Waals surface area contributed by atoms with Crippen LogP contribution in [-0.2, 0) is 11.3 Å². The molecule has 2 aliphatic rings. The molecule has 0 saturated carbocycles. The summed E-state index contributed by atoms with van der Waals surface area (Å²) in [6.07, 6.45) is 4.14. The summed E-state index contributed by atoms with van der Waals surface area (Å²) in [7, 11) is 0. The summed E-state index contributed by atoms with van der Waals surface area (Å²) in [5.41, 5.74) is 6.60. The van der Waals surface area contributed by atoms with Crippen LogP contribution in [0.1, 0.15) is 17.0 Å². The molecule has 8 heteroatoms. The van der Waals surface area contributed by atoms with Crippen LogP contribution in [0.2, 0.25) is 0 Å². The maximum Gasteiger partial charge on any atom is 0.410 e. The number of nitrogens with zero attached hydrogens (tertiary/aromatic N) is 4. The van der Waals surface area contributed by atoms with Gasteiger partial charge in [0.05, 0.1) is 35.9 Å². The smallest absolute Gasteiger partial charge is 0.410 e. The van der Waals surface area contributed by atoms with E-state index in [0.717, 1.165) is 5.56 Å². The van der Waals surface area contributed by atoms with Gasteiger partial charge in [0.2, 0.25) is 0 Å². The van der Waals surface area contributed by atoms with E-state index in [-0.39, 0.29) is 31.0 Å². The number of carbonyl (C=O) groups is 1. The Balaban J connectivity index is 1.69. The minimum atomic E-state index is -1.77. The van der Waals surface area contributed by atoms with Crippen molar-refractivity contribution in [2.45, 2.75) is 12.5 Å². The van der Waals surface area contributed by atoms with E-state index in [1.807, 2.05) is 42.5 Å². The third kappa shape index (κ3) is 3.27. The Morgan fingerprint density at radius 3 is 2.59 bits per heavy atom. The van der Waals surface area contributed by atoms with Crippen molar-refractivity contribution in [2.75, 3.05) is 13.1 Å². The number of ether oxygens (including phenoxy) is 1. The van der Waals surface area contributed by atoms with Crippen LogP contribution >= 0.6 is 0 Å². The zero-order valence-corrected chi connectivity index (χ0v) is 17.1. The molecule has 0 fully saturated rings. The molecule has 0 spiro atoms. The van der Waals surface area contributed by atoms with Gasteiger partial charge in [0, 0.05) is 24.9 Å². The molecule has 1 aliphatic carbocycles. The molecule has 2 aromatic rings. The Morgan fingerprint density at radius 1 is 1.22 bits per heavy atom. The highest BCUT2D eigenvalue weighted by Gasteiger charge is 2.55. The van der Waals surface area contributed by atoms with Crippen LogP contribution in [0.4, 0.5) is 4.79 Å². The molecular formula is C24H19N5O3. The number of fused-ring (bicyclic) bond motifs is 1. The first kappa shape index (κ1) is 20.8. The largest absolute Gasteiger partial charge is 0.472 e. The first-order valence-electron chi connectivity index (χ1n) is 9.96. The van der Waals surface area contributed by atoms with E-state index in [1.54, 1.807) is 12.1 Å². The Bertz CT molecular complexity index is 1200. The van der Waals surface area contributed by atoms with Crippen molar-refractivity contribution in [3.8, 4) is 18.2 Å². The fourth-order valence-electron chi connectivity index (χ4n) is 4.47. The van der Waals surface area contributed by atoms with Crippen LogP contribution < -0.4 is 5.73 Å². The zero-order chi connectivity index (χ0) is 22.7. The molecule has 1 aromatic heterocycles. The van der Waals surface area contributed by atoms with E-state index in [2.05, 4.69) is 6.07 Å². The van der Waals surface area contributed by atoms with E-state index < -0.39 is 23.3 Å². The molecule has 1 amide bonds. The highest BCUT2D eigenvalue weighted by molar-refractivity contribution is 5.69. The van der Waals surface area contributed by atoms with Crippen molar-refractivity contribution in [1.29, 1.82) is 15.8 Å². The summed E-state index contributed by atoms with van der Waals surface area (Å²) >= 11 is 0. The molecule has 4 rings (SSSR count). The van der Waals surface area contributed by atoms with Crippen molar-refractivity contribution >= 4 is 6.09 Å². The molecule has 158 valence electrons. The summed E-state index contributed by atoms with van der Waals surface area (Å²) < 4.78 is 10.7. The highest BCUT2D eigenvalue weighted by atomic mass is 16.6. The van der Waals surface area contributed by atoms with Gasteiger partial charge in [0.15, 0.2) is 5.41 Å². The Kier molecular flexibility index (Phi) is 5.41. The quantitative estimate of drug-likeness (QED) is 0.795. The number of benzene rings is 1. The highest BCUT2D eigenvalue weighted by Crippen LogP contribution is 2.54. The SMILES string of the molecule is N#CC1=C(N)C(C#N)(C#N)[C@H](c2ccoc2)[C@H]2CN(C(=O)OCc3ccccc3)CC=C12. The zero-order valence-electron chi connectivity index (χ0n) is 17.1. The number of rotatable bonds is 3. The number of allylic oxidation sites excluding steroid dienone is 2. The number of carbonyl (C=O) groups excluding carboxylic acids is 1. The second-order valence-corrected chi connectivity index (χ2v) is 7.68. The van der Waals surface area contributed by atoms with Gasteiger partial charge in [-0.15, -0.1) is 0 Å². The van der Waals surface area contributed by atoms with Crippen LogP contribution in [-0.4, -0.2) is 24.1 Å². The molecule has 1 aliphatic heterocycles. The molecule has 0 radical (unpaired) electrons. The molecule has 0 bridgehead atoms. The van der Waals surface area contributed by atoms with Crippen molar-refractivity contribution in [1.82, 2.24) is 4.90 Å². The first-order chi connectivity index (χ1) is 15.6. The lowest BCUT2D eigenvalue weighted by Crippen LogP contribution is -2.49. The van der Waals surface area contributed by atoms with E-state index in [9.17, 15) is 20.6 Å². The lowest BCUT2D eigenvalue weighted by molar-refractivity contribution is 0.0898. The number of hydrogen-bond acceptors (Lipinski definition) is 7. The number of nitrogens with two attached hydrogens (primary N) is 1. The minimum absolute atomic E-state index is 0.0706. The molecular weight excluding hydrogens is 406 g/mol. The van der Waals surface area contributed by atoms with Gasteiger partial charge in [-0.25, -0.2) is 4.79 Å². The summed E-state index contributed by atoms with van der Waals surface area (Å²) in [5.74, 6) is -1.23. The average Bonchev–Trinajstić information content (AvgIpc) is 3.36. The van der Waals surface area contributed by atoms with Gasteiger partial charge >= 0.3 is 6.09 Å². The minimum Gasteiger partial charge on any atom is -0.472 e. The standard InChI is InChI=1S/C24H19N5O3/c25-10-19-18-6-8-29(23(30)32-12-16-4-2-1-3-5-16)11-20(18)21(17-7-9-31-13-17)24(14-26,15-27)22(19)28/h1-7,9,13,20-21H,8,11-12,28H2/t20-,21+/m0/s1. The number of amides is 1. The predicted molar refractivity (Wildman–Crippen MR) is 112 cm³/mol. The van der Waals surface area contributed by atoms with Gasteiger partial charge in [-0.3, -0.25) is 0 Å². The molecule has 2 atom stereocenters. The van der Waals surface area contributed by atoms with Gasteiger partial charge in [-0.05, 0) is 22.8 Å². The van der Waals surface area contributed by atoms with Crippen LogP contribution in [0.5, 0.6) is 0 Å². The van der Waals surface area contributed by atoms with Gasteiger partial charge in [-0.1, -0.05) is 36.4 Å². The normalized spacial score (nSPS) is 21.4.